The van der Waals surface area contributed by atoms with Gasteiger partial charge in [0.05, 0.1) is 0 Å². The summed E-state index contributed by atoms with van der Waals surface area (Å²) in [4.78, 5) is 1.93. The molecule has 0 radical (unpaired) electrons. The van der Waals surface area contributed by atoms with Crippen LogP contribution in [0.4, 0.5) is 0 Å². The highest BCUT2D eigenvalue weighted by molar-refractivity contribution is 4.49. The van der Waals surface area contributed by atoms with Crippen LogP contribution in [-0.2, 0) is 0 Å². The van der Waals surface area contributed by atoms with E-state index in [1.165, 1.54) is 12.8 Å². The van der Waals surface area contributed by atoms with Crippen molar-refractivity contribution in [3.05, 3.63) is 0 Å². The minimum absolute atomic E-state index is 0.295. The molecule has 0 aliphatic rings. The van der Waals surface area contributed by atoms with Crippen molar-refractivity contribution in [3.8, 4) is 0 Å². The third kappa shape index (κ3) is 4.43. The molecular weight excluding hydrogens is 114 g/mol. The van der Waals surface area contributed by atoms with Crippen LogP contribution in [0, 0.1) is 0 Å². The molecule has 0 bridgehead atoms. The maximum absolute atomic E-state index is 8.97. The van der Waals surface area contributed by atoms with Crippen LogP contribution >= 0.6 is 0 Å². The zero-order valence-corrected chi connectivity index (χ0v) is 6.59. The highest BCUT2D eigenvalue weighted by Crippen LogP contribution is 1.94. The second kappa shape index (κ2) is 4.77. The Morgan fingerprint density at radius 1 is 1.56 bits per heavy atom. The van der Waals surface area contributed by atoms with Crippen molar-refractivity contribution in [2.24, 2.45) is 0 Å². The van der Waals surface area contributed by atoms with E-state index in [0.29, 0.717) is 0 Å². The summed E-state index contributed by atoms with van der Waals surface area (Å²) in [6, 6.07) is 0. The van der Waals surface area contributed by atoms with E-state index in [0.717, 1.165) is 6.54 Å². The van der Waals surface area contributed by atoms with Gasteiger partial charge in [0.15, 0.2) is 0 Å². The van der Waals surface area contributed by atoms with Crippen molar-refractivity contribution >= 4 is 0 Å². The number of aliphatic hydroxyl groups is 1. The molecule has 0 saturated heterocycles. The minimum atomic E-state index is -0.295. The molecule has 0 aromatic rings. The fourth-order valence-electron chi connectivity index (χ4n) is 0.594. The van der Waals surface area contributed by atoms with E-state index in [9.17, 15) is 0 Å². The Balaban J connectivity index is 3.16. The topological polar surface area (TPSA) is 23.5 Å². The molecule has 9 heavy (non-hydrogen) atoms. The van der Waals surface area contributed by atoms with Gasteiger partial charge in [-0.1, -0.05) is 13.3 Å². The molecule has 0 aliphatic heterocycles. The first-order valence-corrected chi connectivity index (χ1v) is 3.56. The van der Waals surface area contributed by atoms with Crippen LogP contribution in [0.5, 0.6) is 0 Å². The zero-order chi connectivity index (χ0) is 7.28. The van der Waals surface area contributed by atoms with Crippen LogP contribution in [-0.4, -0.2) is 29.8 Å². The second-order valence-electron chi connectivity index (χ2n) is 2.47. The van der Waals surface area contributed by atoms with Gasteiger partial charge in [-0.05, 0) is 20.4 Å². The summed E-state index contributed by atoms with van der Waals surface area (Å²) < 4.78 is 0. The lowest BCUT2D eigenvalue weighted by atomic mass is 10.3. The predicted octanol–water partition coefficient (Wildman–Crippen LogP) is 1.06. The Morgan fingerprint density at radius 2 is 2.11 bits per heavy atom. The normalized spacial score (nSPS) is 14.3. The minimum Gasteiger partial charge on any atom is -0.379 e. The number of hydrogen-bond donors (Lipinski definition) is 1. The van der Waals surface area contributed by atoms with E-state index in [2.05, 4.69) is 6.92 Å². The van der Waals surface area contributed by atoms with Gasteiger partial charge in [0.1, 0.15) is 6.23 Å². The van der Waals surface area contributed by atoms with E-state index < -0.39 is 0 Å². The van der Waals surface area contributed by atoms with Crippen LogP contribution in [0.3, 0.4) is 0 Å². The van der Waals surface area contributed by atoms with E-state index in [4.69, 9.17) is 5.11 Å². The van der Waals surface area contributed by atoms with Crippen LogP contribution in [0.25, 0.3) is 0 Å². The van der Waals surface area contributed by atoms with Crippen molar-refractivity contribution in [2.45, 2.75) is 32.9 Å². The molecule has 0 aromatic heterocycles. The van der Waals surface area contributed by atoms with Gasteiger partial charge in [-0.25, -0.2) is 0 Å². The summed E-state index contributed by atoms with van der Waals surface area (Å²) in [6.07, 6.45) is 2.06. The summed E-state index contributed by atoms with van der Waals surface area (Å²) in [7, 11) is 1.93. The number of hydrogen-bond acceptors (Lipinski definition) is 2. The summed E-state index contributed by atoms with van der Waals surface area (Å²) in [5.74, 6) is 0. The van der Waals surface area contributed by atoms with Gasteiger partial charge in [-0.3, -0.25) is 4.90 Å². The third-order valence-electron chi connectivity index (χ3n) is 1.50. The Hall–Kier alpha value is -0.0800. The highest BCUT2D eigenvalue weighted by atomic mass is 16.3. The van der Waals surface area contributed by atoms with E-state index in [1.807, 2.05) is 11.9 Å². The van der Waals surface area contributed by atoms with Crippen LogP contribution < -0.4 is 0 Å². The number of aliphatic hydroxyl groups excluding tert-OH is 1. The first-order chi connectivity index (χ1) is 4.18. The standard InChI is InChI=1S/C7H17NO/c1-4-5-6-8(3)7(2)9/h7,9H,4-6H2,1-3H3. The quantitative estimate of drug-likeness (QED) is 0.577. The number of unbranched alkanes of at least 4 members (excludes halogenated alkanes) is 1. The molecule has 0 heterocycles. The second-order valence-corrected chi connectivity index (χ2v) is 2.47. The monoisotopic (exact) mass is 131 g/mol. The Bertz CT molecular complexity index is 63.9. The number of rotatable bonds is 4. The fourth-order valence-corrected chi connectivity index (χ4v) is 0.594. The summed E-state index contributed by atoms with van der Waals surface area (Å²) in [5, 5.41) is 8.97. The third-order valence-corrected chi connectivity index (χ3v) is 1.50. The van der Waals surface area contributed by atoms with Gasteiger partial charge in [0.25, 0.3) is 0 Å². The predicted molar refractivity (Wildman–Crippen MR) is 39.2 cm³/mol. The van der Waals surface area contributed by atoms with Crippen molar-refractivity contribution < 1.29 is 5.11 Å². The van der Waals surface area contributed by atoms with E-state index >= 15 is 0 Å². The van der Waals surface area contributed by atoms with E-state index in [1.54, 1.807) is 6.92 Å². The molecule has 0 saturated carbocycles. The van der Waals surface area contributed by atoms with Crippen LogP contribution in [0.15, 0.2) is 0 Å². The fraction of sp³-hybridized carbons (Fsp3) is 1.00. The molecule has 56 valence electrons. The molecule has 2 heteroatoms. The molecule has 1 unspecified atom stereocenters. The molecule has 0 fully saturated rings. The largest absolute Gasteiger partial charge is 0.379 e. The molecule has 1 N–H and O–H groups in total. The van der Waals surface area contributed by atoms with Crippen LogP contribution in [0.1, 0.15) is 26.7 Å². The highest BCUT2D eigenvalue weighted by Gasteiger charge is 2.01. The molecule has 2 nitrogen and oxygen atoms in total. The van der Waals surface area contributed by atoms with Crippen molar-refractivity contribution in [1.29, 1.82) is 0 Å². The van der Waals surface area contributed by atoms with Gasteiger partial charge in [-0.15, -0.1) is 0 Å². The molecule has 0 amide bonds. The van der Waals surface area contributed by atoms with Gasteiger partial charge >= 0.3 is 0 Å². The average Bonchev–Trinajstić information content (AvgIpc) is 1.82. The van der Waals surface area contributed by atoms with E-state index in [-0.39, 0.29) is 6.23 Å². The zero-order valence-electron chi connectivity index (χ0n) is 6.59. The lowest BCUT2D eigenvalue weighted by Gasteiger charge is -2.18. The Morgan fingerprint density at radius 3 is 2.44 bits per heavy atom. The summed E-state index contributed by atoms with van der Waals surface area (Å²) >= 11 is 0. The van der Waals surface area contributed by atoms with Gasteiger partial charge in [0, 0.05) is 6.54 Å². The Kier molecular flexibility index (Phi) is 4.72. The molecule has 0 rings (SSSR count). The average molecular weight is 131 g/mol. The SMILES string of the molecule is CCCCN(C)C(C)O. The maximum atomic E-state index is 8.97. The van der Waals surface area contributed by atoms with Crippen molar-refractivity contribution in [2.75, 3.05) is 13.6 Å². The molecule has 1 atom stereocenters. The molecule has 0 aromatic carbocycles. The van der Waals surface area contributed by atoms with Gasteiger partial charge < -0.3 is 5.11 Å². The summed E-state index contributed by atoms with van der Waals surface area (Å²) in [5.41, 5.74) is 0. The molecular formula is C7H17NO. The smallest absolute Gasteiger partial charge is 0.104 e. The first kappa shape index (κ1) is 8.92. The van der Waals surface area contributed by atoms with Crippen molar-refractivity contribution in [3.63, 3.8) is 0 Å². The first-order valence-electron chi connectivity index (χ1n) is 3.56. The van der Waals surface area contributed by atoms with Gasteiger partial charge in [0.2, 0.25) is 0 Å². The lowest BCUT2D eigenvalue weighted by Crippen LogP contribution is -2.29. The van der Waals surface area contributed by atoms with Crippen LogP contribution in [0.2, 0.25) is 0 Å². The maximum Gasteiger partial charge on any atom is 0.104 e. The Labute approximate surface area is 57.5 Å². The molecule has 0 spiro atoms. The lowest BCUT2D eigenvalue weighted by molar-refractivity contribution is 0.0377. The van der Waals surface area contributed by atoms with Gasteiger partial charge in [-0.2, -0.15) is 0 Å². The van der Waals surface area contributed by atoms with Crippen molar-refractivity contribution in [1.82, 2.24) is 4.90 Å². The summed E-state index contributed by atoms with van der Waals surface area (Å²) in [6.45, 7) is 4.93. The number of nitrogens with zero attached hydrogens (tertiary/aromatic N) is 1. The molecule has 0 aliphatic carbocycles.